The molecule has 2 N–H and O–H groups in total. The molecule has 0 atom stereocenters. The van der Waals surface area contributed by atoms with Gasteiger partial charge in [0.1, 0.15) is 23.8 Å². The predicted molar refractivity (Wildman–Crippen MR) is 125 cm³/mol. The molecule has 1 fully saturated rings. The smallest absolute Gasteiger partial charge is 0.336 e. The first-order valence-corrected chi connectivity index (χ1v) is 10.9. The van der Waals surface area contributed by atoms with Gasteiger partial charge in [0.15, 0.2) is 0 Å². The van der Waals surface area contributed by atoms with Crippen LogP contribution in [0.1, 0.15) is 28.8 Å². The van der Waals surface area contributed by atoms with Crippen LogP contribution in [0.15, 0.2) is 48.5 Å². The van der Waals surface area contributed by atoms with E-state index in [4.69, 9.17) is 14.2 Å². The Balaban J connectivity index is 1.68. The number of carbonyl (C=O) groups is 1. The minimum Gasteiger partial charge on any atom is -0.481 e. The van der Waals surface area contributed by atoms with Crippen molar-refractivity contribution in [1.82, 2.24) is 0 Å². The molecule has 0 spiro atoms. The Kier molecular flexibility index (Phi) is 7.13. The SMILES string of the molecule is COC1(C#CCOc2ccc3c(-c4ccc(F)cc4)c(CO)c(C(=O)O)cc3c2)CCOCC1. The number of aromatic carboxylic acids is 1. The highest BCUT2D eigenvalue weighted by Crippen LogP contribution is 2.36. The zero-order valence-corrected chi connectivity index (χ0v) is 18.8. The van der Waals surface area contributed by atoms with Gasteiger partial charge >= 0.3 is 5.97 Å². The molecule has 176 valence electrons. The highest BCUT2D eigenvalue weighted by Gasteiger charge is 2.30. The number of carboxylic acid groups (broad SMARTS) is 1. The lowest BCUT2D eigenvalue weighted by molar-refractivity contribution is -0.0525. The van der Waals surface area contributed by atoms with Crippen molar-refractivity contribution in [2.75, 3.05) is 26.9 Å². The first-order valence-electron chi connectivity index (χ1n) is 10.9. The van der Waals surface area contributed by atoms with Gasteiger partial charge in [0.25, 0.3) is 0 Å². The van der Waals surface area contributed by atoms with Crippen molar-refractivity contribution in [3.8, 4) is 28.7 Å². The number of fused-ring (bicyclic) bond motifs is 1. The van der Waals surface area contributed by atoms with Crippen LogP contribution in [0.4, 0.5) is 4.39 Å². The van der Waals surface area contributed by atoms with E-state index in [0.29, 0.717) is 48.3 Å². The van der Waals surface area contributed by atoms with Crippen LogP contribution >= 0.6 is 0 Å². The van der Waals surface area contributed by atoms with Gasteiger partial charge in [-0.25, -0.2) is 9.18 Å². The molecule has 0 amide bonds. The number of hydrogen-bond donors (Lipinski definition) is 2. The lowest BCUT2D eigenvalue weighted by Gasteiger charge is -2.30. The lowest BCUT2D eigenvalue weighted by Crippen LogP contribution is -2.36. The molecule has 6 nitrogen and oxygen atoms in total. The van der Waals surface area contributed by atoms with E-state index in [1.54, 1.807) is 37.4 Å². The Morgan fingerprint density at radius 1 is 1.15 bits per heavy atom. The molecule has 7 heteroatoms. The maximum absolute atomic E-state index is 13.5. The average Bonchev–Trinajstić information content (AvgIpc) is 2.86. The van der Waals surface area contributed by atoms with Crippen molar-refractivity contribution in [2.24, 2.45) is 0 Å². The van der Waals surface area contributed by atoms with Crippen molar-refractivity contribution < 1.29 is 33.6 Å². The fourth-order valence-corrected chi connectivity index (χ4v) is 4.22. The molecule has 0 radical (unpaired) electrons. The van der Waals surface area contributed by atoms with Crippen molar-refractivity contribution in [1.29, 1.82) is 0 Å². The van der Waals surface area contributed by atoms with Crippen molar-refractivity contribution in [3.63, 3.8) is 0 Å². The zero-order valence-electron chi connectivity index (χ0n) is 18.8. The molecule has 0 bridgehead atoms. The number of halogens is 1. The van der Waals surface area contributed by atoms with Gasteiger partial charge < -0.3 is 24.4 Å². The highest BCUT2D eigenvalue weighted by atomic mass is 19.1. The summed E-state index contributed by atoms with van der Waals surface area (Å²) in [5, 5.41) is 21.1. The van der Waals surface area contributed by atoms with E-state index in [9.17, 15) is 19.4 Å². The average molecular weight is 464 g/mol. The van der Waals surface area contributed by atoms with Crippen molar-refractivity contribution in [2.45, 2.75) is 25.0 Å². The summed E-state index contributed by atoms with van der Waals surface area (Å²) < 4.78 is 30.3. The van der Waals surface area contributed by atoms with Crippen molar-refractivity contribution in [3.05, 3.63) is 65.5 Å². The first-order chi connectivity index (χ1) is 16.5. The number of aliphatic hydroxyl groups is 1. The monoisotopic (exact) mass is 464 g/mol. The summed E-state index contributed by atoms with van der Waals surface area (Å²) in [6.45, 7) is 0.881. The molecule has 0 saturated carbocycles. The summed E-state index contributed by atoms with van der Waals surface area (Å²) in [7, 11) is 1.64. The maximum atomic E-state index is 13.5. The highest BCUT2D eigenvalue weighted by molar-refractivity contribution is 6.05. The van der Waals surface area contributed by atoms with Gasteiger partial charge in [-0.15, -0.1) is 0 Å². The van der Waals surface area contributed by atoms with Crippen LogP contribution in [0.3, 0.4) is 0 Å². The molecule has 1 heterocycles. The lowest BCUT2D eigenvalue weighted by atomic mass is 9.90. The van der Waals surface area contributed by atoms with Gasteiger partial charge in [0.2, 0.25) is 0 Å². The van der Waals surface area contributed by atoms with E-state index < -0.39 is 24.0 Å². The van der Waals surface area contributed by atoms with Gasteiger partial charge in [0.05, 0.1) is 25.4 Å². The Morgan fingerprint density at radius 2 is 1.88 bits per heavy atom. The molecule has 1 saturated heterocycles. The summed E-state index contributed by atoms with van der Waals surface area (Å²) >= 11 is 0. The van der Waals surface area contributed by atoms with Crippen LogP contribution in [0.25, 0.3) is 21.9 Å². The number of carboxylic acids is 1. The van der Waals surface area contributed by atoms with Crippen LogP contribution in [0, 0.1) is 17.7 Å². The van der Waals surface area contributed by atoms with Crippen LogP contribution < -0.4 is 4.74 Å². The first kappa shape index (κ1) is 23.7. The zero-order chi connectivity index (χ0) is 24.1. The van der Waals surface area contributed by atoms with E-state index in [-0.39, 0.29) is 17.7 Å². The molecule has 1 aliphatic rings. The number of aliphatic hydroxyl groups excluding tert-OH is 1. The Bertz CT molecular complexity index is 1250. The second-order valence-electron chi connectivity index (χ2n) is 8.03. The molecule has 0 unspecified atom stereocenters. The van der Waals surface area contributed by atoms with Crippen LogP contribution in [0.2, 0.25) is 0 Å². The van der Waals surface area contributed by atoms with Crippen molar-refractivity contribution >= 4 is 16.7 Å². The van der Waals surface area contributed by atoms with Gasteiger partial charge in [-0.2, -0.15) is 0 Å². The summed E-state index contributed by atoms with van der Waals surface area (Å²) in [6, 6.07) is 12.5. The second-order valence-corrected chi connectivity index (χ2v) is 8.03. The number of benzene rings is 3. The molecule has 4 rings (SSSR count). The molecule has 34 heavy (non-hydrogen) atoms. The normalized spacial score (nSPS) is 14.9. The summed E-state index contributed by atoms with van der Waals surface area (Å²) in [6.07, 6.45) is 1.40. The van der Waals surface area contributed by atoms with Gasteiger partial charge in [-0.3, -0.25) is 0 Å². The number of hydrogen-bond acceptors (Lipinski definition) is 5. The fraction of sp³-hybridized carbons (Fsp3) is 0.296. The fourth-order valence-electron chi connectivity index (χ4n) is 4.22. The standard InChI is InChI=1S/C27H25FO6/c1-32-27(10-13-33-14-11-27)9-2-12-34-21-7-8-22-19(15-21)16-23(26(30)31)24(17-29)25(22)18-3-5-20(28)6-4-18/h3-8,15-16,29H,10-14,17H2,1H3,(H,30,31). The molecular weight excluding hydrogens is 439 g/mol. The van der Waals surface area contributed by atoms with E-state index in [2.05, 4.69) is 11.8 Å². The van der Waals surface area contributed by atoms with Crippen LogP contribution in [-0.4, -0.2) is 48.7 Å². The predicted octanol–water partition coefficient (Wildman–Crippen LogP) is 4.41. The molecule has 3 aromatic rings. The van der Waals surface area contributed by atoms with Crippen LogP contribution in [0.5, 0.6) is 5.75 Å². The third kappa shape index (κ3) is 4.90. The van der Waals surface area contributed by atoms with Crippen LogP contribution in [-0.2, 0) is 16.1 Å². The van der Waals surface area contributed by atoms with E-state index in [1.165, 1.54) is 18.2 Å². The third-order valence-electron chi connectivity index (χ3n) is 6.06. The van der Waals surface area contributed by atoms with E-state index in [1.807, 2.05) is 0 Å². The molecule has 3 aromatic carbocycles. The number of methoxy groups -OCH3 is 1. The van der Waals surface area contributed by atoms with E-state index in [0.717, 1.165) is 5.39 Å². The molecule has 0 aliphatic carbocycles. The van der Waals surface area contributed by atoms with Gasteiger partial charge in [0, 0.05) is 25.5 Å². The summed E-state index contributed by atoms with van der Waals surface area (Å²) in [5.74, 6) is 5.14. The minimum absolute atomic E-state index is 0.0205. The molecule has 1 aliphatic heterocycles. The topological polar surface area (TPSA) is 85.2 Å². The summed E-state index contributed by atoms with van der Waals surface area (Å²) in [5.41, 5.74) is 0.886. The van der Waals surface area contributed by atoms with E-state index >= 15 is 0 Å². The Hall–Kier alpha value is -3.44. The van der Waals surface area contributed by atoms with Gasteiger partial charge in [-0.05, 0) is 52.2 Å². The second kappa shape index (κ2) is 10.2. The maximum Gasteiger partial charge on any atom is 0.336 e. The molecule has 0 aromatic heterocycles. The molecular formula is C27H25FO6. The minimum atomic E-state index is -1.16. The number of rotatable bonds is 6. The largest absolute Gasteiger partial charge is 0.481 e. The van der Waals surface area contributed by atoms with Gasteiger partial charge in [-0.1, -0.05) is 30.0 Å². The third-order valence-corrected chi connectivity index (χ3v) is 6.06. The summed E-state index contributed by atoms with van der Waals surface area (Å²) in [4.78, 5) is 11.9. The number of ether oxygens (including phenoxy) is 3. The Labute approximate surface area is 196 Å². The Morgan fingerprint density at radius 3 is 2.53 bits per heavy atom. The quantitative estimate of drug-likeness (QED) is 0.526.